The summed E-state index contributed by atoms with van der Waals surface area (Å²) >= 11 is 0. The maximum atomic E-state index is 12.3. The van der Waals surface area contributed by atoms with Crippen molar-refractivity contribution < 1.29 is 23.9 Å². The van der Waals surface area contributed by atoms with E-state index in [-0.39, 0.29) is 24.2 Å². The fraction of sp³-hybridized carbons (Fsp3) is 0.238. The van der Waals surface area contributed by atoms with Gasteiger partial charge in [-0.05, 0) is 47.9 Å². The van der Waals surface area contributed by atoms with Crippen molar-refractivity contribution >= 4 is 29.3 Å². The quantitative estimate of drug-likeness (QED) is 0.591. The molecule has 0 spiro atoms. The maximum Gasteiger partial charge on any atom is 0.338 e. The average molecular weight is 380 g/mol. The normalized spacial score (nSPS) is 12.5. The fourth-order valence-electron chi connectivity index (χ4n) is 2.84. The summed E-state index contributed by atoms with van der Waals surface area (Å²) in [6.07, 6.45) is 0.963. The van der Waals surface area contributed by atoms with E-state index in [0.717, 1.165) is 11.1 Å². The number of ether oxygens (including phenoxy) is 1. The van der Waals surface area contributed by atoms with Gasteiger partial charge in [-0.15, -0.1) is 0 Å². The third-order valence-electron chi connectivity index (χ3n) is 4.39. The van der Waals surface area contributed by atoms with E-state index >= 15 is 0 Å². The van der Waals surface area contributed by atoms with Crippen LogP contribution in [-0.4, -0.2) is 30.2 Å². The summed E-state index contributed by atoms with van der Waals surface area (Å²) in [6, 6.07) is 11.6. The van der Waals surface area contributed by atoms with Crippen LogP contribution in [0.2, 0.25) is 0 Å². The SMILES string of the molecule is CC(=O)NCc1ccc(C(=O)OCC(=O)c2ccc3c(c2)CCC(=O)N3)cc1. The molecule has 0 bridgehead atoms. The Labute approximate surface area is 162 Å². The number of rotatable bonds is 6. The minimum atomic E-state index is -0.593. The zero-order chi connectivity index (χ0) is 20.1. The molecule has 0 fully saturated rings. The van der Waals surface area contributed by atoms with Crippen LogP contribution >= 0.6 is 0 Å². The molecule has 0 aromatic heterocycles. The Hall–Kier alpha value is -3.48. The number of carbonyl (C=O) groups excluding carboxylic acids is 4. The second-order valence-corrected chi connectivity index (χ2v) is 6.53. The molecule has 144 valence electrons. The predicted octanol–water partition coefficient (Wildman–Crippen LogP) is 2.25. The molecule has 0 atom stereocenters. The van der Waals surface area contributed by atoms with Gasteiger partial charge in [-0.2, -0.15) is 0 Å². The third kappa shape index (κ3) is 4.82. The van der Waals surface area contributed by atoms with Gasteiger partial charge < -0.3 is 15.4 Å². The van der Waals surface area contributed by atoms with Gasteiger partial charge >= 0.3 is 5.97 Å². The van der Waals surface area contributed by atoms with E-state index in [2.05, 4.69) is 10.6 Å². The first kappa shape index (κ1) is 19.3. The number of hydrogen-bond donors (Lipinski definition) is 2. The molecular formula is C21H20N2O5. The first-order chi connectivity index (χ1) is 13.4. The number of esters is 1. The number of aryl methyl sites for hydroxylation is 1. The van der Waals surface area contributed by atoms with E-state index in [1.165, 1.54) is 6.92 Å². The number of nitrogens with one attached hydrogen (secondary N) is 2. The van der Waals surface area contributed by atoms with Crippen molar-refractivity contribution in [3.63, 3.8) is 0 Å². The highest BCUT2D eigenvalue weighted by Crippen LogP contribution is 2.23. The lowest BCUT2D eigenvalue weighted by Crippen LogP contribution is -2.20. The Balaban J connectivity index is 1.56. The molecule has 7 nitrogen and oxygen atoms in total. The monoisotopic (exact) mass is 380 g/mol. The Morgan fingerprint density at radius 3 is 2.46 bits per heavy atom. The molecule has 0 unspecified atom stereocenters. The molecule has 0 radical (unpaired) electrons. The van der Waals surface area contributed by atoms with Crippen LogP contribution in [0.5, 0.6) is 0 Å². The van der Waals surface area contributed by atoms with Crippen LogP contribution in [0.1, 0.15) is 45.2 Å². The number of hydrogen-bond acceptors (Lipinski definition) is 5. The number of carbonyl (C=O) groups is 4. The summed E-state index contributed by atoms with van der Waals surface area (Å²) < 4.78 is 5.12. The van der Waals surface area contributed by atoms with Crippen LogP contribution < -0.4 is 10.6 Å². The van der Waals surface area contributed by atoms with Crippen LogP contribution in [-0.2, 0) is 27.3 Å². The molecule has 2 aromatic rings. The second kappa shape index (κ2) is 8.47. The number of anilines is 1. The van der Waals surface area contributed by atoms with E-state index in [9.17, 15) is 19.2 Å². The van der Waals surface area contributed by atoms with E-state index in [1.54, 1.807) is 42.5 Å². The van der Waals surface area contributed by atoms with Crippen molar-refractivity contribution in [3.8, 4) is 0 Å². The summed E-state index contributed by atoms with van der Waals surface area (Å²) in [5.41, 5.74) is 3.22. The largest absolute Gasteiger partial charge is 0.454 e. The smallest absolute Gasteiger partial charge is 0.338 e. The first-order valence-electron chi connectivity index (χ1n) is 8.89. The predicted molar refractivity (Wildman–Crippen MR) is 102 cm³/mol. The molecule has 0 aliphatic carbocycles. The van der Waals surface area contributed by atoms with Crippen LogP contribution in [0.4, 0.5) is 5.69 Å². The van der Waals surface area contributed by atoms with E-state index in [0.29, 0.717) is 36.2 Å². The topological polar surface area (TPSA) is 102 Å². The summed E-state index contributed by atoms with van der Waals surface area (Å²) in [5, 5.41) is 5.43. The zero-order valence-corrected chi connectivity index (χ0v) is 15.4. The van der Waals surface area contributed by atoms with E-state index < -0.39 is 5.97 Å². The van der Waals surface area contributed by atoms with Gasteiger partial charge in [-0.25, -0.2) is 4.79 Å². The van der Waals surface area contributed by atoms with Gasteiger partial charge in [0.25, 0.3) is 0 Å². The van der Waals surface area contributed by atoms with E-state index in [1.807, 2.05) is 0 Å². The summed E-state index contributed by atoms with van der Waals surface area (Å²) in [6.45, 7) is 1.45. The lowest BCUT2D eigenvalue weighted by molar-refractivity contribution is -0.119. The van der Waals surface area contributed by atoms with Gasteiger partial charge in [0.2, 0.25) is 11.8 Å². The van der Waals surface area contributed by atoms with Crippen LogP contribution in [0, 0.1) is 0 Å². The summed E-state index contributed by atoms with van der Waals surface area (Å²) in [4.78, 5) is 46.8. The summed E-state index contributed by atoms with van der Waals surface area (Å²) in [5.74, 6) is -1.07. The van der Waals surface area contributed by atoms with Gasteiger partial charge in [-0.3, -0.25) is 14.4 Å². The van der Waals surface area contributed by atoms with Gasteiger partial charge in [0.15, 0.2) is 12.4 Å². The van der Waals surface area contributed by atoms with Crippen molar-refractivity contribution in [2.24, 2.45) is 0 Å². The van der Waals surface area contributed by atoms with Gasteiger partial charge in [0.05, 0.1) is 5.56 Å². The molecule has 0 saturated carbocycles. The molecule has 28 heavy (non-hydrogen) atoms. The van der Waals surface area contributed by atoms with Crippen molar-refractivity contribution in [3.05, 3.63) is 64.7 Å². The van der Waals surface area contributed by atoms with Crippen molar-refractivity contribution in [1.29, 1.82) is 0 Å². The number of Topliss-reactive ketones (excluding diaryl/α,β-unsaturated/α-hetero) is 1. The standard InChI is InChI=1S/C21H20N2O5/c1-13(24)22-11-14-2-4-15(5-3-14)21(27)28-12-19(25)17-6-8-18-16(10-17)7-9-20(26)23-18/h2-6,8,10H,7,9,11-12H2,1H3,(H,22,24)(H,23,26). The molecule has 7 heteroatoms. The Kier molecular flexibility index (Phi) is 5.84. The summed E-state index contributed by atoms with van der Waals surface area (Å²) in [7, 11) is 0. The molecule has 1 heterocycles. The van der Waals surface area contributed by atoms with Crippen molar-refractivity contribution in [2.75, 3.05) is 11.9 Å². The number of benzene rings is 2. The number of fused-ring (bicyclic) bond motifs is 1. The minimum Gasteiger partial charge on any atom is -0.454 e. The Morgan fingerprint density at radius 1 is 1.04 bits per heavy atom. The molecule has 1 aliphatic heterocycles. The van der Waals surface area contributed by atoms with Crippen molar-refractivity contribution in [1.82, 2.24) is 5.32 Å². The Morgan fingerprint density at radius 2 is 1.75 bits per heavy atom. The zero-order valence-electron chi connectivity index (χ0n) is 15.4. The highest BCUT2D eigenvalue weighted by Gasteiger charge is 2.17. The molecule has 1 aliphatic rings. The molecule has 2 N–H and O–H groups in total. The van der Waals surface area contributed by atoms with Crippen LogP contribution in [0.3, 0.4) is 0 Å². The van der Waals surface area contributed by atoms with Crippen LogP contribution in [0.25, 0.3) is 0 Å². The molecule has 3 rings (SSSR count). The first-order valence-corrected chi connectivity index (χ1v) is 8.89. The minimum absolute atomic E-state index is 0.0383. The molecular weight excluding hydrogens is 360 g/mol. The lowest BCUT2D eigenvalue weighted by atomic mass is 9.99. The molecule has 2 amide bonds. The number of amides is 2. The maximum absolute atomic E-state index is 12.3. The second-order valence-electron chi connectivity index (χ2n) is 6.53. The fourth-order valence-corrected chi connectivity index (χ4v) is 2.84. The Bertz CT molecular complexity index is 934. The van der Waals surface area contributed by atoms with Gasteiger partial charge in [-0.1, -0.05) is 12.1 Å². The highest BCUT2D eigenvalue weighted by atomic mass is 16.5. The third-order valence-corrected chi connectivity index (χ3v) is 4.39. The molecule has 2 aromatic carbocycles. The number of ketones is 1. The average Bonchev–Trinajstić information content (AvgIpc) is 2.70. The van der Waals surface area contributed by atoms with Crippen LogP contribution in [0.15, 0.2) is 42.5 Å². The molecule has 0 saturated heterocycles. The van der Waals surface area contributed by atoms with Gasteiger partial charge in [0.1, 0.15) is 0 Å². The lowest BCUT2D eigenvalue weighted by Gasteiger charge is -2.17. The van der Waals surface area contributed by atoms with E-state index in [4.69, 9.17) is 4.74 Å². The van der Waals surface area contributed by atoms with Crippen molar-refractivity contribution in [2.45, 2.75) is 26.3 Å². The highest BCUT2D eigenvalue weighted by molar-refractivity contribution is 6.01. The van der Waals surface area contributed by atoms with Gasteiger partial charge in [0, 0.05) is 31.1 Å².